The van der Waals surface area contributed by atoms with Crippen LogP contribution in [0.3, 0.4) is 0 Å². The van der Waals surface area contributed by atoms with E-state index in [2.05, 4.69) is 55.2 Å². The van der Waals surface area contributed by atoms with Gasteiger partial charge in [0.05, 0.1) is 5.92 Å². The number of hydrogen-bond acceptors (Lipinski definition) is 3. The molecule has 6 heteroatoms. The molecule has 0 fully saturated rings. The minimum Gasteiger partial charge on any atom is -0.662 e. The van der Waals surface area contributed by atoms with Crippen LogP contribution < -0.4 is 10.6 Å². The first-order valence-corrected chi connectivity index (χ1v) is 12.6. The zero-order valence-corrected chi connectivity index (χ0v) is 23.3. The summed E-state index contributed by atoms with van der Waals surface area (Å²) in [5, 5.41) is 11.0. The fourth-order valence-electron chi connectivity index (χ4n) is 3.48. The fraction of sp³-hybridized carbons (Fsp3) is 0.880. The van der Waals surface area contributed by atoms with Crippen molar-refractivity contribution in [3.63, 3.8) is 0 Å². The second kappa shape index (κ2) is 24.3. The number of nitrogens with one attached hydrogen (secondary N) is 2. The summed E-state index contributed by atoms with van der Waals surface area (Å²) >= 11 is 0. The molecule has 0 bridgehead atoms. The molecule has 5 nitrogen and oxygen atoms in total. The Balaban J connectivity index is 0. The Morgan fingerprint density at radius 1 is 0.839 bits per heavy atom. The summed E-state index contributed by atoms with van der Waals surface area (Å²) in [5.74, 6) is -0.0361. The third kappa shape index (κ3) is 20.0. The van der Waals surface area contributed by atoms with Crippen molar-refractivity contribution >= 4 is 5.91 Å². The predicted octanol–water partition coefficient (Wildman–Crippen LogP) is 5.48. The van der Waals surface area contributed by atoms with E-state index in [1.54, 1.807) is 0 Å². The van der Waals surface area contributed by atoms with Gasteiger partial charge in [-0.1, -0.05) is 65.9 Å². The zero-order valence-electron chi connectivity index (χ0n) is 21.1. The van der Waals surface area contributed by atoms with E-state index in [0.717, 1.165) is 64.1 Å². The summed E-state index contributed by atoms with van der Waals surface area (Å²) in [4.78, 5) is 14.9. The first-order chi connectivity index (χ1) is 14.6. The molecular weight excluding hydrogens is 465 g/mol. The smallest absolute Gasteiger partial charge is 0.229 e. The normalized spacial score (nSPS) is 11.8. The summed E-state index contributed by atoms with van der Waals surface area (Å²) in [5.41, 5.74) is 0.859. The molecule has 1 radical (unpaired) electrons. The van der Waals surface area contributed by atoms with E-state index in [-0.39, 0.29) is 34.2 Å². The third-order valence-electron chi connectivity index (χ3n) is 5.57. The van der Waals surface area contributed by atoms with Crippen molar-refractivity contribution in [2.45, 2.75) is 91.4 Å². The van der Waals surface area contributed by atoms with Gasteiger partial charge < -0.3 is 20.9 Å². The van der Waals surface area contributed by atoms with Gasteiger partial charge in [0, 0.05) is 41.2 Å². The number of unbranched alkanes of at least 4 members (excludes halogenated alkanes) is 6. The van der Waals surface area contributed by atoms with Gasteiger partial charge in [0.15, 0.2) is 0 Å². The van der Waals surface area contributed by atoms with Crippen LogP contribution in [0.2, 0.25) is 0 Å². The van der Waals surface area contributed by atoms with Crippen LogP contribution in [-0.2, 0) is 27.2 Å². The molecule has 0 aromatic rings. The second-order valence-corrected chi connectivity index (χ2v) is 8.51. The van der Waals surface area contributed by atoms with Gasteiger partial charge in [-0.25, -0.2) is 0 Å². The third-order valence-corrected chi connectivity index (χ3v) is 5.57. The van der Waals surface area contributed by atoms with E-state index in [0.29, 0.717) is 0 Å². The van der Waals surface area contributed by atoms with Crippen LogP contribution in [0.4, 0.5) is 0 Å². The van der Waals surface area contributed by atoms with Crippen LogP contribution in [0.25, 0.3) is 5.32 Å². The Bertz CT molecular complexity index is 420. The first-order valence-electron chi connectivity index (χ1n) is 12.6. The summed E-state index contributed by atoms with van der Waals surface area (Å²) in [6.45, 7) is 16.5. The number of nitrogens with zero attached hydrogens (tertiary/aromatic N) is 2. The van der Waals surface area contributed by atoms with E-state index in [4.69, 9.17) is 0 Å². The SMILES string of the molecule is C=C(NCCCCN(C)CCCCC)C(CC)C(=O)NCCCC[N-]CCCCC.[Nb]. The summed E-state index contributed by atoms with van der Waals surface area (Å²) in [7, 11) is 2.21. The van der Waals surface area contributed by atoms with E-state index >= 15 is 0 Å². The summed E-state index contributed by atoms with van der Waals surface area (Å²) in [6.07, 6.45) is 12.7. The van der Waals surface area contributed by atoms with E-state index in [9.17, 15) is 4.79 Å². The van der Waals surface area contributed by atoms with E-state index < -0.39 is 0 Å². The molecule has 0 aliphatic carbocycles. The van der Waals surface area contributed by atoms with Gasteiger partial charge in [-0.15, -0.1) is 13.1 Å². The largest absolute Gasteiger partial charge is 0.662 e. The Labute approximate surface area is 209 Å². The maximum absolute atomic E-state index is 12.5. The van der Waals surface area contributed by atoms with Gasteiger partial charge in [-0.05, 0) is 52.2 Å². The van der Waals surface area contributed by atoms with Gasteiger partial charge in [-0.2, -0.15) is 0 Å². The molecule has 0 rings (SSSR count). The molecule has 0 heterocycles. The molecule has 0 saturated heterocycles. The molecule has 1 amide bonds. The molecule has 1 atom stereocenters. The van der Waals surface area contributed by atoms with Gasteiger partial charge >= 0.3 is 0 Å². The van der Waals surface area contributed by atoms with Crippen LogP contribution in [0.15, 0.2) is 12.3 Å². The molecule has 0 saturated carbocycles. The molecule has 0 aromatic heterocycles. The molecule has 2 N–H and O–H groups in total. The molecule has 0 spiro atoms. The monoisotopic (exact) mass is 516 g/mol. The van der Waals surface area contributed by atoms with Crippen LogP contribution in [-0.4, -0.2) is 57.1 Å². The number of carbonyl (C=O) groups is 1. The summed E-state index contributed by atoms with van der Waals surface area (Å²) < 4.78 is 0. The number of carbonyl (C=O) groups excluding carboxylic acids is 1. The van der Waals surface area contributed by atoms with Crippen LogP contribution in [0.5, 0.6) is 0 Å². The van der Waals surface area contributed by atoms with Crippen molar-refractivity contribution in [3.8, 4) is 0 Å². The quantitative estimate of drug-likeness (QED) is 0.148. The minimum atomic E-state index is -0.138. The van der Waals surface area contributed by atoms with Crippen molar-refractivity contribution in [2.24, 2.45) is 5.92 Å². The van der Waals surface area contributed by atoms with Gasteiger partial charge in [0.2, 0.25) is 5.91 Å². The Kier molecular flexibility index (Phi) is 25.8. The Morgan fingerprint density at radius 3 is 1.97 bits per heavy atom. The Morgan fingerprint density at radius 2 is 1.35 bits per heavy atom. The van der Waals surface area contributed by atoms with Crippen LogP contribution in [0, 0.1) is 5.92 Å². The van der Waals surface area contributed by atoms with Crippen molar-refractivity contribution in [3.05, 3.63) is 17.6 Å². The predicted molar refractivity (Wildman–Crippen MR) is 132 cm³/mol. The maximum atomic E-state index is 12.5. The van der Waals surface area contributed by atoms with Crippen LogP contribution in [0.1, 0.15) is 91.4 Å². The molecule has 0 aromatic carbocycles. The van der Waals surface area contributed by atoms with Crippen molar-refractivity contribution < 1.29 is 27.2 Å². The second-order valence-electron chi connectivity index (χ2n) is 8.51. The van der Waals surface area contributed by atoms with Crippen molar-refractivity contribution in [1.82, 2.24) is 15.5 Å². The molecular formula is C25H51N4NbO-. The first kappa shape index (κ1) is 32.8. The maximum Gasteiger partial charge on any atom is 0.229 e. The standard InChI is InChI=1S/C25H51N4O.Nb/c1-6-9-11-17-26-18-12-13-20-28-25(30)24(8-3)23(4)27-19-14-16-22-29(5)21-15-10-7-2;/h24,27H,4,6-22H2,1-3,5H3,(H,28,30);/q-1;. The molecule has 0 aliphatic heterocycles. The van der Waals surface area contributed by atoms with Crippen molar-refractivity contribution in [1.29, 1.82) is 0 Å². The number of rotatable bonds is 22. The minimum absolute atomic E-state index is 0. The van der Waals surface area contributed by atoms with E-state index in [1.165, 1.54) is 51.5 Å². The zero-order chi connectivity index (χ0) is 22.5. The average Bonchev–Trinajstić information content (AvgIpc) is 2.73. The fourth-order valence-corrected chi connectivity index (χ4v) is 3.48. The molecule has 183 valence electrons. The van der Waals surface area contributed by atoms with Crippen molar-refractivity contribution in [2.75, 3.05) is 46.3 Å². The van der Waals surface area contributed by atoms with Gasteiger partial charge in [0.25, 0.3) is 0 Å². The molecule has 0 aliphatic rings. The number of amides is 1. The Hall–Kier alpha value is -0.330. The average molecular weight is 517 g/mol. The topological polar surface area (TPSA) is 58.5 Å². The number of hydrogen-bond donors (Lipinski definition) is 2. The summed E-state index contributed by atoms with van der Waals surface area (Å²) in [6, 6.07) is 0. The van der Waals surface area contributed by atoms with Gasteiger partial charge in [0.1, 0.15) is 0 Å². The van der Waals surface area contributed by atoms with Gasteiger partial charge in [-0.3, -0.25) is 4.79 Å². The molecule has 1 unspecified atom stereocenters. The van der Waals surface area contributed by atoms with Crippen LogP contribution >= 0.6 is 0 Å². The van der Waals surface area contributed by atoms with E-state index in [1.807, 2.05) is 0 Å². The molecule has 31 heavy (non-hydrogen) atoms.